The Balaban J connectivity index is 1.55. The Morgan fingerprint density at radius 2 is 2.21 bits per heavy atom. The first-order chi connectivity index (χ1) is 11.7. The SMILES string of the molecule is CCn1nc(C)cc1-c1nnc(CCC(=O)NC2CCSCC2)o1. The van der Waals surface area contributed by atoms with Gasteiger partial charge in [0.25, 0.3) is 5.89 Å². The normalized spacial score (nSPS) is 15.6. The van der Waals surface area contributed by atoms with Gasteiger partial charge in [0.05, 0.1) is 5.69 Å². The van der Waals surface area contributed by atoms with Crippen molar-refractivity contribution in [2.75, 3.05) is 11.5 Å². The van der Waals surface area contributed by atoms with E-state index in [4.69, 9.17) is 4.42 Å². The predicted molar refractivity (Wildman–Crippen MR) is 92.7 cm³/mol. The Kier molecular flexibility index (Phi) is 5.55. The van der Waals surface area contributed by atoms with Gasteiger partial charge in [-0.1, -0.05) is 0 Å². The van der Waals surface area contributed by atoms with Crippen LogP contribution in [0.25, 0.3) is 11.6 Å². The second kappa shape index (κ2) is 7.83. The van der Waals surface area contributed by atoms with Crippen molar-refractivity contribution >= 4 is 17.7 Å². The molecule has 1 amide bonds. The van der Waals surface area contributed by atoms with Crippen molar-refractivity contribution in [2.24, 2.45) is 0 Å². The molecule has 1 saturated heterocycles. The van der Waals surface area contributed by atoms with Gasteiger partial charge in [0.1, 0.15) is 5.69 Å². The Morgan fingerprint density at radius 1 is 1.42 bits per heavy atom. The number of nitrogens with one attached hydrogen (secondary N) is 1. The van der Waals surface area contributed by atoms with Gasteiger partial charge in [-0.15, -0.1) is 10.2 Å². The molecule has 0 saturated carbocycles. The summed E-state index contributed by atoms with van der Waals surface area (Å²) in [5.41, 5.74) is 1.73. The zero-order valence-electron chi connectivity index (χ0n) is 14.1. The van der Waals surface area contributed by atoms with Gasteiger partial charge in [-0.3, -0.25) is 9.48 Å². The van der Waals surface area contributed by atoms with Crippen molar-refractivity contribution in [3.05, 3.63) is 17.7 Å². The highest BCUT2D eigenvalue weighted by Gasteiger charge is 2.18. The van der Waals surface area contributed by atoms with E-state index in [0.29, 0.717) is 30.7 Å². The van der Waals surface area contributed by atoms with E-state index >= 15 is 0 Å². The minimum Gasteiger partial charge on any atom is -0.419 e. The molecule has 0 atom stereocenters. The molecule has 0 radical (unpaired) electrons. The third-order valence-corrected chi connectivity index (χ3v) is 5.09. The smallest absolute Gasteiger partial charge is 0.265 e. The lowest BCUT2D eigenvalue weighted by Gasteiger charge is -2.22. The fourth-order valence-corrected chi connectivity index (χ4v) is 3.89. The fourth-order valence-electron chi connectivity index (χ4n) is 2.78. The minimum atomic E-state index is 0.0566. The Morgan fingerprint density at radius 3 is 2.96 bits per heavy atom. The zero-order valence-corrected chi connectivity index (χ0v) is 14.9. The zero-order chi connectivity index (χ0) is 16.9. The summed E-state index contributed by atoms with van der Waals surface area (Å²) in [6, 6.07) is 2.24. The van der Waals surface area contributed by atoms with Crippen LogP contribution >= 0.6 is 11.8 Å². The first kappa shape index (κ1) is 17.0. The van der Waals surface area contributed by atoms with Gasteiger partial charge in [0, 0.05) is 25.4 Å². The van der Waals surface area contributed by atoms with Crippen LogP contribution in [-0.2, 0) is 17.8 Å². The van der Waals surface area contributed by atoms with Crippen LogP contribution in [0.1, 0.15) is 37.8 Å². The maximum atomic E-state index is 12.0. The molecule has 130 valence electrons. The maximum absolute atomic E-state index is 12.0. The van der Waals surface area contributed by atoms with Gasteiger partial charge in [0.15, 0.2) is 0 Å². The number of aromatic nitrogens is 4. The van der Waals surface area contributed by atoms with E-state index in [-0.39, 0.29) is 5.91 Å². The second-order valence-electron chi connectivity index (χ2n) is 5.94. The van der Waals surface area contributed by atoms with Crippen LogP contribution in [0.4, 0.5) is 0 Å². The van der Waals surface area contributed by atoms with Gasteiger partial charge < -0.3 is 9.73 Å². The van der Waals surface area contributed by atoms with E-state index in [9.17, 15) is 4.79 Å². The lowest BCUT2D eigenvalue weighted by molar-refractivity contribution is -0.121. The number of carbonyl (C=O) groups excluding carboxylic acids is 1. The summed E-state index contributed by atoms with van der Waals surface area (Å²) in [6.07, 6.45) is 2.94. The van der Waals surface area contributed by atoms with Crippen LogP contribution in [0.3, 0.4) is 0 Å². The Bertz CT molecular complexity index is 690. The third kappa shape index (κ3) is 4.17. The molecule has 3 rings (SSSR count). The van der Waals surface area contributed by atoms with Crippen molar-refractivity contribution in [3.8, 4) is 11.6 Å². The number of hydrogen-bond donors (Lipinski definition) is 1. The maximum Gasteiger partial charge on any atom is 0.265 e. The minimum absolute atomic E-state index is 0.0566. The van der Waals surface area contributed by atoms with Crippen LogP contribution in [0.2, 0.25) is 0 Å². The molecule has 1 N–H and O–H groups in total. The van der Waals surface area contributed by atoms with Gasteiger partial charge in [0.2, 0.25) is 11.8 Å². The lowest BCUT2D eigenvalue weighted by atomic mass is 10.1. The number of rotatable bonds is 6. The van der Waals surface area contributed by atoms with Crippen LogP contribution < -0.4 is 5.32 Å². The summed E-state index contributed by atoms with van der Waals surface area (Å²) >= 11 is 1.95. The first-order valence-electron chi connectivity index (χ1n) is 8.40. The first-order valence-corrected chi connectivity index (χ1v) is 9.55. The Hall–Kier alpha value is -1.83. The second-order valence-corrected chi connectivity index (χ2v) is 7.17. The van der Waals surface area contributed by atoms with Gasteiger partial charge in [-0.05, 0) is 44.3 Å². The van der Waals surface area contributed by atoms with Crippen molar-refractivity contribution < 1.29 is 9.21 Å². The van der Waals surface area contributed by atoms with Crippen molar-refractivity contribution in [3.63, 3.8) is 0 Å². The van der Waals surface area contributed by atoms with Gasteiger partial charge in [-0.2, -0.15) is 16.9 Å². The molecule has 7 nitrogen and oxygen atoms in total. The van der Waals surface area contributed by atoms with E-state index < -0.39 is 0 Å². The van der Waals surface area contributed by atoms with E-state index in [2.05, 4.69) is 20.6 Å². The molecule has 8 heteroatoms. The van der Waals surface area contributed by atoms with Crippen molar-refractivity contribution in [1.82, 2.24) is 25.3 Å². The van der Waals surface area contributed by atoms with Crippen LogP contribution in [0, 0.1) is 6.92 Å². The number of nitrogens with zero attached hydrogens (tertiary/aromatic N) is 4. The van der Waals surface area contributed by atoms with E-state index in [1.54, 1.807) is 0 Å². The number of amides is 1. The molecule has 2 aromatic rings. The largest absolute Gasteiger partial charge is 0.419 e. The summed E-state index contributed by atoms with van der Waals surface area (Å²) in [6.45, 7) is 4.69. The summed E-state index contributed by atoms with van der Waals surface area (Å²) in [7, 11) is 0. The standard InChI is InChI=1S/C16H23N5O2S/c1-3-21-13(10-11(2)20-21)16-19-18-15(23-16)5-4-14(22)17-12-6-8-24-9-7-12/h10,12H,3-9H2,1-2H3,(H,17,22). The molecule has 1 fully saturated rings. The quantitative estimate of drug-likeness (QED) is 0.860. The summed E-state index contributed by atoms with van der Waals surface area (Å²) in [4.78, 5) is 12.0. The number of carbonyl (C=O) groups is 1. The van der Waals surface area contributed by atoms with Gasteiger partial charge >= 0.3 is 0 Å². The molecule has 0 bridgehead atoms. The average molecular weight is 349 g/mol. The summed E-state index contributed by atoms with van der Waals surface area (Å²) in [5.74, 6) is 3.25. The number of thioether (sulfide) groups is 1. The molecule has 2 aromatic heterocycles. The van der Waals surface area contributed by atoms with E-state index in [1.807, 2.05) is 36.4 Å². The Labute approximate surface area is 145 Å². The highest BCUT2D eigenvalue weighted by Crippen LogP contribution is 2.20. The van der Waals surface area contributed by atoms with Crippen LogP contribution in [-0.4, -0.2) is 43.4 Å². The van der Waals surface area contributed by atoms with Crippen molar-refractivity contribution in [2.45, 2.75) is 52.1 Å². The third-order valence-electron chi connectivity index (χ3n) is 4.04. The average Bonchev–Trinajstić information content (AvgIpc) is 3.20. The molecule has 0 aromatic carbocycles. The molecule has 1 aliphatic rings. The predicted octanol–water partition coefficient (Wildman–Crippen LogP) is 2.21. The van der Waals surface area contributed by atoms with Crippen LogP contribution in [0.5, 0.6) is 0 Å². The molecule has 0 unspecified atom stereocenters. The van der Waals surface area contributed by atoms with E-state index in [0.717, 1.165) is 42.3 Å². The number of hydrogen-bond acceptors (Lipinski definition) is 6. The van der Waals surface area contributed by atoms with E-state index in [1.165, 1.54) is 0 Å². The molecule has 1 aliphatic heterocycles. The topological polar surface area (TPSA) is 85.8 Å². The molecular formula is C16H23N5O2S. The summed E-state index contributed by atoms with van der Waals surface area (Å²) in [5, 5.41) is 15.6. The lowest BCUT2D eigenvalue weighted by Crippen LogP contribution is -2.37. The molecule has 3 heterocycles. The molecule has 24 heavy (non-hydrogen) atoms. The van der Waals surface area contributed by atoms with Crippen molar-refractivity contribution in [1.29, 1.82) is 0 Å². The summed E-state index contributed by atoms with van der Waals surface area (Å²) < 4.78 is 7.53. The van der Waals surface area contributed by atoms with Crippen LogP contribution in [0.15, 0.2) is 10.5 Å². The molecule has 0 spiro atoms. The molecular weight excluding hydrogens is 326 g/mol. The monoisotopic (exact) mass is 349 g/mol. The number of aryl methyl sites for hydroxylation is 3. The molecule has 0 aliphatic carbocycles. The fraction of sp³-hybridized carbons (Fsp3) is 0.625. The highest BCUT2D eigenvalue weighted by atomic mass is 32.2. The van der Waals surface area contributed by atoms with Gasteiger partial charge in [-0.25, -0.2) is 0 Å². The highest BCUT2D eigenvalue weighted by molar-refractivity contribution is 7.99.